The van der Waals surface area contributed by atoms with E-state index in [0.29, 0.717) is 49.6 Å². The minimum Gasteiger partial charge on any atom is -0.493 e. The standard InChI is InChI=1S/C25H19BrCl2N4O3/c1-34-22-9-14(8-17(26)23(22)35-12-13-2-3-15(27)10-18(13)28)24-29-6-5-20(32-24)21-11-16-19(31-21)4-7-30-25(16)33/h2-3,5-6,8-11,31H,4,7,12H2,1H3,(H,30,33). The summed E-state index contributed by atoms with van der Waals surface area (Å²) in [7, 11) is 1.57. The van der Waals surface area contributed by atoms with Crippen LogP contribution in [0.25, 0.3) is 22.8 Å². The maximum absolute atomic E-state index is 12.1. The first-order valence-electron chi connectivity index (χ1n) is 10.7. The Bertz CT molecular complexity index is 1440. The van der Waals surface area contributed by atoms with Crippen LogP contribution in [0.15, 0.2) is 53.1 Å². The molecule has 2 aromatic heterocycles. The van der Waals surface area contributed by atoms with Crippen LogP contribution in [0.3, 0.4) is 0 Å². The summed E-state index contributed by atoms with van der Waals surface area (Å²) in [6, 6.07) is 12.6. The zero-order valence-electron chi connectivity index (χ0n) is 18.5. The number of carbonyl (C=O) groups is 1. The predicted molar refractivity (Wildman–Crippen MR) is 138 cm³/mol. The zero-order valence-corrected chi connectivity index (χ0v) is 21.6. The molecule has 0 aliphatic carbocycles. The fourth-order valence-corrected chi connectivity index (χ4v) is 4.88. The van der Waals surface area contributed by atoms with E-state index < -0.39 is 0 Å². The third-order valence-electron chi connectivity index (χ3n) is 5.61. The normalized spacial score (nSPS) is 12.7. The number of halogens is 3. The van der Waals surface area contributed by atoms with Gasteiger partial charge in [0.15, 0.2) is 17.3 Å². The molecule has 7 nitrogen and oxygen atoms in total. The van der Waals surface area contributed by atoms with E-state index >= 15 is 0 Å². The summed E-state index contributed by atoms with van der Waals surface area (Å²) in [5.41, 5.74) is 4.55. The van der Waals surface area contributed by atoms with Gasteiger partial charge in [0.05, 0.1) is 28.5 Å². The first kappa shape index (κ1) is 23.7. The van der Waals surface area contributed by atoms with Crippen molar-refractivity contribution in [2.24, 2.45) is 0 Å². The molecule has 0 atom stereocenters. The monoisotopic (exact) mass is 572 g/mol. The van der Waals surface area contributed by atoms with Gasteiger partial charge in [0, 0.05) is 46.0 Å². The van der Waals surface area contributed by atoms with Crippen LogP contribution in [0, 0.1) is 0 Å². The van der Waals surface area contributed by atoms with Gasteiger partial charge >= 0.3 is 0 Å². The molecule has 5 rings (SSSR count). The van der Waals surface area contributed by atoms with Gasteiger partial charge in [-0.3, -0.25) is 4.79 Å². The topological polar surface area (TPSA) is 89.1 Å². The Kier molecular flexibility index (Phi) is 6.69. The van der Waals surface area contributed by atoms with Crippen molar-refractivity contribution < 1.29 is 14.3 Å². The van der Waals surface area contributed by atoms with Crippen molar-refractivity contribution in [2.45, 2.75) is 13.0 Å². The summed E-state index contributed by atoms with van der Waals surface area (Å²) in [5, 5.41) is 3.94. The van der Waals surface area contributed by atoms with Gasteiger partial charge in [0.1, 0.15) is 6.61 Å². The lowest BCUT2D eigenvalue weighted by Gasteiger charge is -2.15. The largest absolute Gasteiger partial charge is 0.493 e. The van der Waals surface area contributed by atoms with E-state index in [2.05, 4.69) is 31.2 Å². The smallest absolute Gasteiger partial charge is 0.253 e. The van der Waals surface area contributed by atoms with E-state index in [0.717, 1.165) is 28.9 Å². The van der Waals surface area contributed by atoms with Crippen molar-refractivity contribution in [3.8, 4) is 34.3 Å². The first-order chi connectivity index (χ1) is 16.9. The SMILES string of the molecule is COc1cc(-c2nccc(-c3cc4c([nH]3)CCNC4=O)n2)cc(Br)c1OCc1ccc(Cl)cc1Cl. The summed E-state index contributed by atoms with van der Waals surface area (Å²) in [5.74, 6) is 1.47. The summed E-state index contributed by atoms with van der Waals surface area (Å²) in [6.45, 7) is 0.856. The summed E-state index contributed by atoms with van der Waals surface area (Å²) >= 11 is 15.8. The number of benzene rings is 2. The second-order valence-corrected chi connectivity index (χ2v) is 9.56. The molecule has 1 aliphatic rings. The molecule has 0 fully saturated rings. The Balaban J connectivity index is 1.44. The van der Waals surface area contributed by atoms with Crippen LogP contribution in [0.2, 0.25) is 10.0 Å². The molecule has 35 heavy (non-hydrogen) atoms. The van der Waals surface area contributed by atoms with Gasteiger partial charge in [-0.25, -0.2) is 9.97 Å². The fraction of sp³-hybridized carbons (Fsp3) is 0.160. The van der Waals surface area contributed by atoms with Gasteiger partial charge in [-0.15, -0.1) is 0 Å². The number of amides is 1. The molecule has 1 amide bonds. The van der Waals surface area contributed by atoms with Crippen molar-refractivity contribution in [1.82, 2.24) is 20.3 Å². The molecule has 0 unspecified atom stereocenters. The highest BCUT2D eigenvalue weighted by Gasteiger charge is 2.21. The zero-order chi connectivity index (χ0) is 24.5. The number of carbonyl (C=O) groups excluding carboxylic acids is 1. The molecule has 0 saturated carbocycles. The van der Waals surface area contributed by atoms with Crippen LogP contribution in [-0.2, 0) is 13.0 Å². The number of methoxy groups -OCH3 is 1. The molecule has 178 valence electrons. The molecule has 4 aromatic rings. The van der Waals surface area contributed by atoms with Crippen LogP contribution < -0.4 is 14.8 Å². The number of fused-ring (bicyclic) bond motifs is 1. The Morgan fingerprint density at radius 2 is 2.00 bits per heavy atom. The van der Waals surface area contributed by atoms with Crippen molar-refractivity contribution in [3.63, 3.8) is 0 Å². The summed E-state index contributed by atoms with van der Waals surface area (Å²) < 4.78 is 12.3. The number of nitrogens with one attached hydrogen (secondary N) is 2. The van der Waals surface area contributed by atoms with E-state index in [9.17, 15) is 4.79 Å². The Morgan fingerprint density at radius 1 is 1.14 bits per heavy atom. The minimum atomic E-state index is -0.0767. The molecule has 0 radical (unpaired) electrons. The Morgan fingerprint density at radius 3 is 2.77 bits per heavy atom. The van der Waals surface area contributed by atoms with Crippen LogP contribution in [0.5, 0.6) is 11.5 Å². The lowest BCUT2D eigenvalue weighted by molar-refractivity contribution is 0.0946. The number of ether oxygens (including phenoxy) is 2. The number of hydrogen-bond acceptors (Lipinski definition) is 5. The molecular weight excluding hydrogens is 555 g/mol. The number of aromatic nitrogens is 3. The maximum atomic E-state index is 12.1. The summed E-state index contributed by atoms with van der Waals surface area (Å²) in [4.78, 5) is 24.6. The Hall–Kier alpha value is -3.07. The van der Waals surface area contributed by atoms with Crippen LogP contribution in [0.4, 0.5) is 0 Å². The molecule has 1 aliphatic heterocycles. The quantitative estimate of drug-likeness (QED) is 0.292. The first-order valence-corrected chi connectivity index (χ1v) is 12.3. The lowest BCUT2D eigenvalue weighted by atomic mass is 10.1. The number of hydrogen-bond donors (Lipinski definition) is 2. The van der Waals surface area contributed by atoms with E-state index in [-0.39, 0.29) is 12.5 Å². The highest BCUT2D eigenvalue weighted by atomic mass is 79.9. The van der Waals surface area contributed by atoms with Crippen molar-refractivity contribution in [2.75, 3.05) is 13.7 Å². The number of aromatic amines is 1. The van der Waals surface area contributed by atoms with Crippen LogP contribution in [0.1, 0.15) is 21.6 Å². The lowest BCUT2D eigenvalue weighted by Crippen LogP contribution is -2.31. The minimum absolute atomic E-state index is 0.0767. The number of nitrogens with zero attached hydrogens (tertiary/aromatic N) is 2. The van der Waals surface area contributed by atoms with Gasteiger partial charge in [-0.2, -0.15) is 0 Å². The molecule has 2 aromatic carbocycles. The van der Waals surface area contributed by atoms with Gasteiger partial charge in [-0.05, 0) is 52.3 Å². The van der Waals surface area contributed by atoms with Gasteiger partial charge < -0.3 is 19.8 Å². The van der Waals surface area contributed by atoms with Gasteiger partial charge in [-0.1, -0.05) is 29.3 Å². The van der Waals surface area contributed by atoms with E-state index in [1.807, 2.05) is 24.3 Å². The van der Waals surface area contributed by atoms with Crippen molar-refractivity contribution >= 4 is 45.0 Å². The molecule has 0 bridgehead atoms. The average Bonchev–Trinajstić information content (AvgIpc) is 3.30. The molecule has 3 heterocycles. The summed E-state index contributed by atoms with van der Waals surface area (Å²) in [6.07, 6.45) is 2.44. The second-order valence-electron chi connectivity index (χ2n) is 7.86. The van der Waals surface area contributed by atoms with Gasteiger partial charge in [0.25, 0.3) is 5.91 Å². The van der Waals surface area contributed by atoms with Crippen molar-refractivity contribution in [3.05, 3.63) is 80.0 Å². The predicted octanol–water partition coefficient (Wildman–Crippen LogP) is 6.08. The van der Waals surface area contributed by atoms with Crippen LogP contribution in [-0.4, -0.2) is 34.5 Å². The highest BCUT2D eigenvalue weighted by molar-refractivity contribution is 9.10. The third-order valence-corrected chi connectivity index (χ3v) is 6.79. The van der Waals surface area contributed by atoms with E-state index in [1.165, 1.54) is 0 Å². The average molecular weight is 574 g/mol. The third kappa shape index (κ3) is 4.87. The number of rotatable bonds is 6. The molecule has 10 heteroatoms. The molecule has 0 spiro atoms. The molecule has 0 saturated heterocycles. The van der Waals surface area contributed by atoms with Gasteiger partial charge in [0.2, 0.25) is 0 Å². The highest BCUT2D eigenvalue weighted by Crippen LogP contribution is 2.40. The second kappa shape index (κ2) is 9.89. The van der Waals surface area contributed by atoms with E-state index in [4.69, 9.17) is 37.7 Å². The molecule has 2 N–H and O–H groups in total. The maximum Gasteiger partial charge on any atom is 0.253 e. The molecular formula is C25H19BrCl2N4O3. The number of H-pyrrole nitrogens is 1. The van der Waals surface area contributed by atoms with Crippen LogP contribution >= 0.6 is 39.1 Å². The fourth-order valence-electron chi connectivity index (χ4n) is 3.86. The Labute approximate surface area is 219 Å². The van der Waals surface area contributed by atoms with Crippen molar-refractivity contribution in [1.29, 1.82) is 0 Å². The van der Waals surface area contributed by atoms with E-state index in [1.54, 1.807) is 31.5 Å².